The van der Waals surface area contributed by atoms with Crippen LogP contribution in [0.4, 0.5) is 10.5 Å². The topological polar surface area (TPSA) is 63.1 Å². The number of rotatable bonds is 3. The SMILES string of the molecule is O=C(Nc1ccccc1)N1CC(n2cc(-c3ccccc3)nn2)C1. The molecule has 1 aliphatic heterocycles. The van der Waals surface area contributed by atoms with E-state index in [9.17, 15) is 4.79 Å². The minimum Gasteiger partial charge on any atom is -0.320 e. The molecule has 0 aliphatic carbocycles. The molecule has 1 aromatic heterocycles. The van der Waals surface area contributed by atoms with E-state index < -0.39 is 0 Å². The van der Waals surface area contributed by atoms with Crippen molar-refractivity contribution in [3.05, 3.63) is 66.9 Å². The van der Waals surface area contributed by atoms with Gasteiger partial charge in [0.2, 0.25) is 0 Å². The normalized spacial score (nSPS) is 14.2. The molecule has 6 heteroatoms. The molecule has 1 aliphatic rings. The summed E-state index contributed by atoms with van der Waals surface area (Å²) in [5.74, 6) is 0. The van der Waals surface area contributed by atoms with E-state index in [1.54, 1.807) is 4.90 Å². The van der Waals surface area contributed by atoms with Gasteiger partial charge in [-0.1, -0.05) is 53.7 Å². The van der Waals surface area contributed by atoms with Gasteiger partial charge in [-0.2, -0.15) is 0 Å². The third-order valence-electron chi connectivity index (χ3n) is 4.13. The number of urea groups is 1. The van der Waals surface area contributed by atoms with Crippen molar-refractivity contribution in [1.82, 2.24) is 19.9 Å². The standard InChI is InChI=1S/C18H17N5O/c24-18(19-15-9-5-2-6-10-15)22-11-16(12-22)23-13-17(20-21-23)14-7-3-1-4-8-14/h1-10,13,16H,11-12H2,(H,19,24). The number of anilines is 1. The molecule has 120 valence electrons. The molecule has 0 radical (unpaired) electrons. The zero-order chi connectivity index (χ0) is 16.4. The van der Waals surface area contributed by atoms with Crippen LogP contribution in [0.1, 0.15) is 6.04 Å². The lowest BCUT2D eigenvalue weighted by Crippen LogP contribution is -2.52. The van der Waals surface area contributed by atoms with E-state index in [4.69, 9.17) is 0 Å². The Morgan fingerprint density at radius 1 is 1.00 bits per heavy atom. The Bertz CT molecular complexity index is 825. The molecule has 2 aromatic carbocycles. The molecule has 2 amide bonds. The monoisotopic (exact) mass is 319 g/mol. The van der Waals surface area contributed by atoms with E-state index in [1.165, 1.54) is 0 Å². The van der Waals surface area contributed by atoms with Crippen molar-refractivity contribution in [2.24, 2.45) is 0 Å². The van der Waals surface area contributed by atoms with Crippen LogP contribution in [0, 0.1) is 0 Å². The first-order chi connectivity index (χ1) is 11.8. The van der Waals surface area contributed by atoms with Crippen molar-refractivity contribution >= 4 is 11.7 Å². The zero-order valence-corrected chi connectivity index (χ0v) is 13.0. The summed E-state index contributed by atoms with van der Waals surface area (Å²) < 4.78 is 1.84. The van der Waals surface area contributed by atoms with Gasteiger partial charge < -0.3 is 10.2 Å². The second-order valence-electron chi connectivity index (χ2n) is 5.80. The summed E-state index contributed by atoms with van der Waals surface area (Å²) in [6.07, 6.45) is 1.94. The Labute approximate surface area is 139 Å². The molecule has 2 heterocycles. The maximum Gasteiger partial charge on any atom is 0.321 e. The summed E-state index contributed by atoms with van der Waals surface area (Å²) in [7, 11) is 0. The molecule has 1 N–H and O–H groups in total. The number of nitrogens with one attached hydrogen (secondary N) is 1. The predicted octanol–water partition coefficient (Wildman–Crippen LogP) is 3.03. The molecule has 0 spiro atoms. The lowest BCUT2D eigenvalue weighted by atomic mass is 10.1. The van der Waals surface area contributed by atoms with Crippen LogP contribution in [0.3, 0.4) is 0 Å². The zero-order valence-electron chi connectivity index (χ0n) is 13.0. The third-order valence-corrected chi connectivity index (χ3v) is 4.13. The minimum absolute atomic E-state index is 0.0825. The number of aromatic nitrogens is 3. The van der Waals surface area contributed by atoms with E-state index in [2.05, 4.69) is 15.6 Å². The summed E-state index contributed by atoms with van der Waals surface area (Å²) in [5.41, 5.74) is 2.70. The highest BCUT2D eigenvalue weighted by atomic mass is 16.2. The van der Waals surface area contributed by atoms with Gasteiger partial charge in [-0.3, -0.25) is 0 Å². The van der Waals surface area contributed by atoms with Crippen molar-refractivity contribution in [2.75, 3.05) is 18.4 Å². The highest BCUT2D eigenvalue weighted by Crippen LogP contribution is 2.23. The molecule has 0 bridgehead atoms. The smallest absolute Gasteiger partial charge is 0.320 e. The number of hydrogen-bond acceptors (Lipinski definition) is 3. The van der Waals surface area contributed by atoms with E-state index >= 15 is 0 Å². The molecule has 0 saturated carbocycles. The van der Waals surface area contributed by atoms with Crippen LogP contribution in [-0.2, 0) is 0 Å². The molecule has 6 nitrogen and oxygen atoms in total. The molecule has 0 atom stereocenters. The summed E-state index contributed by atoms with van der Waals surface area (Å²) in [6.45, 7) is 1.27. The number of carbonyl (C=O) groups is 1. The van der Waals surface area contributed by atoms with Gasteiger partial charge in [0.1, 0.15) is 5.69 Å². The Morgan fingerprint density at radius 2 is 1.67 bits per heavy atom. The lowest BCUT2D eigenvalue weighted by Gasteiger charge is -2.38. The Kier molecular flexibility index (Phi) is 3.70. The van der Waals surface area contributed by atoms with Gasteiger partial charge in [-0.05, 0) is 12.1 Å². The quantitative estimate of drug-likeness (QED) is 0.807. The van der Waals surface area contributed by atoms with Gasteiger partial charge in [0.05, 0.1) is 12.2 Å². The number of para-hydroxylation sites is 1. The predicted molar refractivity (Wildman–Crippen MR) is 91.5 cm³/mol. The molecule has 3 aromatic rings. The van der Waals surface area contributed by atoms with Crippen molar-refractivity contribution in [1.29, 1.82) is 0 Å². The molecule has 1 saturated heterocycles. The Hall–Kier alpha value is -3.15. The summed E-state index contributed by atoms with van der Waals surface area (Å²) >= 11 is 0. The van der Waals surface area contributed by atoms with Crippen molar-refractivity contribution in [3.8, 4) is 11.3 Å². The number of hydrogen-bond donors (Lipinski definition) is 1. The second kappa shape index (κ2) is 6.16. The first-order valence-electron chi connectivity index (χ1n) is 7.88. The molecule has 1 fully saturated rings. The highest BCUT2D eigenvalue weighted by molar-refractivity contribution is 5.89. The van der Waals surface area contributed by atoms with Crippen molar-refractivity contribution < 1.29 is 4.79 Å². The van der Waals surface area contributed by atoms with Crippen LogP contribution in [0.25, 0.3) is 11.3 Å². The summed E-state index contributed by atoms with van der Waals surface area (Å²) in [4.78, 5) is 13.9. The van der Waals surface area contributed by atoms with Gasteiger partial charge in [0.25, 0.3) is 0 Å². The number of benzene rings is 2. The van der Waals surface area contributed by atoms with E-state index in [-0.39, 0.29) is 12.1 Å². The van der Waals surface area contributed by atoms with Gasteiger partial charge >= 0.3 is 6.03 Å². The van der Waals surface area contributed by atoms with Gasteiger partial charge in [-0.15, -0.1) is 5.10 Å². The number of carbonyl (C=O) groups excluding carboxylic acids is 1. The summed E-state index contributed by atoms with van der Waals surface area (Å²) in [5, 5.41) is 11.3. The van der Waals surface area contributed by atoms with Crippen LogP contribution in [-0.4, -0.2) is 39.0 Å². The lowest BCUT2D eigenvalue weighted by molar-refractivity contribution is 0.127. The average Bonchev–Trinajstić information content (AvgIpc) is 3.05. The minimum atomic E-state index is -0.0825. The first-order valence-corrected chi connectivity index (χ1v) is 7.88. The number of nitrogens with zero attached hydrogens (tertiary/aromatic N) is 4. The second-order valence-corrected chi connectivity index (χ2v) is 5.80. The highest BCUT2D eigenvalue weighted by Gasteiger charge is 2.32. The maximum atomic E-state index is 12.2. The van der Waals surface area contributed by atoms with Gasteiger partial charge in [0, 0.05) is 24.3 Å². The van der Waals surface area contributed by atoms with Crippen LogP contribution in [0.15, 0.2) is 66.9 Å². The van der Waals surface area contributed by atoms with E-state index in [0.717, 1.165) is 16.9 Å². The van der Waals surface area contributed by atoms with Crippen molar-refractivity contribution in [2.45, 2.75) is 6.04 Å². The summed E-state index contributed by atoms with van der Waals surface area (Å²) in [6, 6.07) is 19.5. The van der Waals surface area contributed by atoms with Gasteiger partial charge in [-0.25, -0.2) is 9.48 Å². The molecular weight excluding hydrogens is 302 g/mol. The van der Waals surface area contributed by atoms with E-state index in [0.29, 0.717) is 13.1 Å². The molecule has 24 heavy (non-hydrogen) atoms. The van der Waals surface area contributed by atoms with Crippen LogP contribution >= 0.6 is 0 Å². The molecular formula is C18H17N5O. The fourth-order valence-electron chi connectivity index (χ4n) is 2.71. The number of likely N-dealkylation sites (tertiary alicyclic amines) is 1. The fourth-order valence-corrected chi connectivity index (χ4v) is 2.71. The fraction of sp³-hybridized carbons (Fsp3) is 0.167. The molecule has 4 rings (SSSR count). The Balaban J connectivity index is 1.36. The van der Waals surface area contributed by atoms with E-state index in [1.807, 2.05) is 71.5 Å². The van der Waals surface area contributed by atoms with Gasteiger partial charge in [0.15, 0.2) is 0 Å². The maximum absolute atomic E-state index is 12.2. The largest absolute Gasteiger partial charge is 0.321 e. The van der Waals surface area contributed by atoms with Crippen LogP contribution in [0.2, 0.25) is 0 Å². The average molecular weight is 319 g/mol. The number of amides is 2. The van der Waals surface area contributed by atoms with Crippen molar-refractivity contribution in [3.63, 3.8) is 0 Å². The first kappa shape index (κ1) is 14.4. The third kappa shape index (κ3) is 2.86. The van der Waals surface area contributed by atoms with Crippen LogP contribution in [0.5, 0.6) is 0 Å². The Morgan fingerprint density at radius 3 is 2.38 bits per heavy atom. The van der Waals surface area contributed by atoms with Crippen LogP contribution < -0.4 is 5.32 Å². The molecule has 0 unspecified atom stereocenters.